The molecule has 2 unspecified atom stereocenters. The molecule has 0 saturated carbocycles. The quantitative estimate of drug-likeness (QED) is 0.542. The predicted octanol–water partition coefficient (Wildman–Crippen LogP) is 2.25. The van der Waals surface area contributed by atoms with Crippen molar-refractivity contribution in [3.63, 3.8) is 0 Å². The van der Waals surface area contributed by atoms with E-state index in [1.165, 1.54) is 14.0 Å². The van der Waals surface area contributed by atoms with Crippen molar-refractivity contribution in [2.75, 3.05) is 7.11 Å². The first kappa shape index (κ1) is 25.1. The first-order valence-corrected chi connectivity index (χ1v) is 8.47. The first-order valence-electron chi connectivity index (χ1n) is 8.47. The average Bonchev–Trinajstić information content (AvgIpc) is 2.59. The van der Waals surface area contributed by atoms with Gasteiger partial charge in [-0.2, -0.15) is 0 Å². The number of alkyl carbamates (subject to hydrolysis) is 1. The van der Waals surface area contributed by atoms with E-state index < -0.39 is 35.7 Å². The second-order valence-corrected chi connectivity index (χ2v) is 7.02. The minimum absolute atomic E-state index is 0. The van der Waals surface area contributed by atoms with Crippen LogP contribution in [-0.4, -0.2) is 49.1 Å². The second kappa shape index (κ2) is 11.1. The molecule has 1 aromatic rings. The van der Waals surface area contributed by atoms with E-state index >= 15 is 0 Å². The molecule has 0 bridgehead atoms. The van der Waals surface area contributed by atoms with E-state index in [0.29, 0.717) is 11.8 Å². The molecule has 1 rings (SSSR count). The minimum Gasteiger partial charge on any atom is -0.467 e. The highest BCUT2D eigenvalue weighted by molar-refractivity contribution is 5.89. The first-order chi connectivity index (χ1) is 12.6. The summed E-state index contributed by atoms with van der Waals surface area (Å²) in [7, 11) is 1.22. The maximum absolute atomic E-state index is 12.6. The Morgan fingerprint density at radius 2 is 1.68 bits per heavy atom. The molecule has 156 valence electrons. The Morgan fingerprint density at radius 3 is 2.14 bits per heavy atom. The Labute approximate surface area is 166 Å². The summed E-state index contributed by atoms with van der Waals surface area (Å²) >= 11 is 0. The van der Waals surface area contributed by atoms with Crippen molar-refractivity contribution in [2.24, 2.45) is 0 Å². The van der Waals surface area contributed by atoms with Crippen LogP contribution in [0.5, 0.6) is 0 Å². The summed E-state index contributed by atoms with van der Waals surface area (Å²) in [5.41, 5.74) is 0.498. The summed E-state index contributed by atoms with van der Waals surface area (Å²) in [5.74, 6) is -1.16. The van der Waals surface area contributed by atoms with Crippen molar-refractivity contribution in [1.29, 1.82) is 0 Å². The zero-order chi connectivity index (χ0) is 20.6. The Kier molecular flexibility index (Phi) is 9.91. The molecule has 0 heterocycles. The zero-order valence-corrected chi connectivity index (χ0v) is 16.2. The van der Waals surface area contributed by atoms with Crippen molar-refractivity contribution in [3.05, 3.63) is 35.4 Å². The van der Waals surface area contributed by atoms with E-state index in [2.05, 4.69) is 15.4 Å². The standard InChI is InChI=1S/C19H26N2O6.CH4/c1-12(17(24)26-5)20-16(23)15(21-18(25)27-19(2,3)4)10-13-6-8-14(11-22)9-7-13;/h6-9,11-12,15H,10H2,1-5H3,(H,20,23)(H,21,25);1H4. The fourth-order valence-corrected chi connectivity index (χ4v) is 2.18. The van der Waals surface area contributed by atoms with Gasteiger partial charge in [-0.05, 0) is 33.3 Å². The number of esters is 1. The number of hydrogen-bond donors (Lipinski definition) is 2. The molecule has 1 aromatic carbocycles. The minimum atomic E-state index is -0.978. The van der Waals surface area contributed by atoms with Gasteiger partial charge in [-0.3, -0.25) is 9.59 Å². The van der Waals surface area contributed by atoms with Gasteiger partial charge in [0.05, 0.1) is 7.11 Å². The second-order valence-electron chi connectivity index (χ2n) is 7.02. The highest BCUT2D eigenvalue weighted by atomic mass is 16.6. The highest BCUT2D eigenvalue weighted by Crippen LogP contribution is 2.10. The molecule has 0 aliphatic carbocycles. The molecule has 0 radical (unpaired) electrons. The van der Waals surface area contributed by atoms with Crippen LogP contribution in [0, 0.1) is 0 Å². The molecule has 0 saturated heterocycles. The molecule has 2 N–H and O–H groups in total. The Hall–Kier alpha value is -2.90. The van der Waals surface area contributed by atoms with Gasteiger partial charge in [-0.15, -0.1) is 0 Å². The third-order valence-corrected chi connectivity index (χ3v) is 3.48. The van der Waals surface area contributed by atoms with Crippen LogP contribution in [0.3, 0.4) is 0 Å². The monoisotopic (exact) mass is 394 g/mol. The maximum Gasteiger partial charge on any atom is 0.408 e. The molecule has 0 spiro atoms. The number of amides is 2. The van der Waals surface area contributed by atoms with E-state index in [1.807, 2.05) is 0 Å². The van der Waals surface area contributed by atoms with Gasteiger partial charge in [0.1, 0.15) is 24.0 Å². The van der Waals surface area contributed by atoms with Crippen molar-refractivity contribution in [2.45, 2.75) is 59.2 Å². The van der Waals surface area contributed by atoms with Gasteiger partial charge in [0.15, 0.2) is 0 Å². The van der Waals surface area contributed by atoms with E-state index in [1.54, 1.807) is 45.0 Å². The largest absolute Gasteiger partial charge is 0.467 e. The van der Waals surface area contributed by atoms with Crippen LogP contribution >= 0.6 is 0 Å². The van der Waals surface area contributed by atoms with Crippen LogP contribution in [0.1, 0.15) is 51.0 Å². The summed E-state index contributed by atoms with van der Waals surface area (Å²) in [6.45, 7) is 6.60. The highest BCUT2D eigenvalue weighted by Gasteiger charge is 2.27. The molecule has 2 amide bonds. The Morgan fingerprint density at radius 1 is 1.11 bits per heavy atom. The topological polar surface area (TPSA) is 111 Å². The van der Waals surface area contributed by atoms with Crippen molar-refractivity contribution in [1.82, 2.24) is 10.6 Å². The molecule has 0 aliphatic rings. The number of carbonyl (C=O) groups excluding carboxylic acids is 4. The Bertz CT molecular complexity index is 679. The Balaban J connectivity index is 0.00000729. The lowest BCUT2D eigenvalue weighted by molar-refractivity contribution is -0.144. The lowest BCUT2D eigenvalue weighted by Crippen LogP contribution is -2.52. The molecular formula is C20H30N2O6. The van der Waals surface area contributed by atoms with E-state index in [9.17, 15) is 19.2 Å². The van der Waals surface area contributed by atoms with E-state index in [0.717, 1.165) is 5.56 Å². The van der Waals surface area contributed by atoms with Crippen molar-refractivity contribution >= 4 is 24.3 Å². The lowest BCUT2D eigenvalue weighted by Gasteiger charge is -2.24. The van der Waals surface area contributed by atoms with Crippen LogP contribution in [0.15, 0.2) is 24.3 Å². The van der Waals surface area contributed by atoms with Crippen LogP contribution in [0.2, 0.25) is 0 Å². The maximum atomic E-state index is 12.6. The summed E-state index contributed by atoms with van der Waals surface area (Å²) in [5, 5.41) is 5.02. The number of nitrogens with one attached hydrogen (secondary N) is 2. The van der Waals surface area contributed by atoms with E-state index in [-0.39, 0.29) is 13.8 Å². The van der Waals surface area contributed by atoms with Crippen LogP contribution in [0.25, 0.3) is 0 Å². The van der Waals surface area contributed by atoms with Crippen molar-refractivity contribution in [3.8, 4) is 0 Å². The van der Waals surface area contributed by atoms with Gasteiger partial charge in [0, 0.05) is 12.0 Å². The number of ether oxygens (including phenoxy) is 2. The molecular weight excluding hydrogens is 364 g/mol. The molecule has 0 aliphatic heterocycles. The number of benzene rings is 1. The molecule has 8 heteroatoms. The van der Waals surface area contributed by atoms with Gasteiger partial charge in [0.2, 0.25) is 5.91 Å². The SMILES string of the molecule is C.COC(=O)C(C)NC(=O)C(Cc1ccc(C=O)cc1)NC(=O)OC(C)(C)C. The van der Waals surface area contributed by atoms with Gasteiger partial charge < -0.3 is 20.1 Å². The van der Waals surface area contributed by atoms with Crippen LogP contribution in [0.4, 0.5) is 4.79 Å². The summed E-state index contributed by atoms with van der Waals surface area (Å²) in [6.07, 6.45) is 0.112. The van der Waals surface area contributed by atoms with Crippen LogP contribution < -0.4 is 10.6 Å². The smallest absolute Gasteiger partial charge is 0.408 e. The molecule has 2 atom stereocenters. The number of aldehydes is 1. The zero-order valence-electron chi connectivity index (χ0n) is 16.2. The van der Waals surface area contributed by atoms with Crippen molar-refractivity contribution < 1.29 is 28.7 Å². The van der Waals surface area contributed by atoms with Gasteiger partial charge in [0.25, 0.3) is 0 Å². The lowest BCUT2D eigenvalue weighted by atomic mass is 10.0. The predicted molar refractivity (Wildman–Crippen MR) is 105 cm³/mol. The van der Waals surface area contributed by atoms with Gasteiger partial charge in [-0.25, -0.2) is 9.59 Å². The third-order valence-electron chi connectivity index (χ3n) is 3.48. The van der Waals surface area contributed by atoms with Gasteiger partial charge >= 0.3 is 12.1 Å². The fraction of sp³-hybridized carbons (Fsp3) is 0.500. The molecule has 0 fully saturated rings. The molecule has 8 nitrogen and oxygen atoms in total. The normalized spacial score (nSPS) is 12.6. The summed E-state index contributed by atoms with van der Waals surface area (Å²) < 4.78 is 9.78. The van der Waals surface area contributed by atoms with Crippen LogP contribution in [-0.2, 0) is 25.5 Å². The summed E-state index contributed by atoms with van der Waals surface area (Å²) in [4.78, 5) is 46.9. The third kappa shape index (κ3) is 8.66. The molecule has 0 aromatic heterocycles. The average molecular weight is 394 g/mol. The number of methoxy groups -OCH3 is 1. The van der Waals surface area contributed by atoms with E-state index in [4.69, 9.17) is 4.74 Å². The van der Waals surface area contributed by atoms with Gasteiger partial charge in [-0.1, -0.05) is 31.7 Å². The summed E-state index contributed by atoms with van der Waals surface area (Å²) in [6, 6.07) is 4.75. The number of rotatable bonds is 7. The number of carbonyl (C=O) groups is 4. The fourth-order valence-electron chi connectivity index (χ4n) is 2.18. The number of hydrogen-bond acceptors (Lipinski definition) is 6. The molecule has 28 heavy (non-hydrogen) atoms.